The number of hydrogen-bond donors (Lipinski definition) is 1. The third kappa shape index (κ3) is 2.96. The highest BCUT2D eigenvalue weighted by Gasteiger charge is 2.12. The number of rotatable bonds is 3. The number of benzene rings is 2. The summed E-state index contributed by atoms with van der Waals surface area (Å²) in [6.45, 7) is 5.49. The monoisotopic (exact) mass is 373 g/mol. The zero-order chi connectivity index (χ0) is 19.8. The second-order valence-corrected chi connectivity index (χ2v) is 6.66. The normalized spacial score (nSPS) is 11.5. The van der Waals surface area contributed by atoms with E-state index in [0.29, 0.717) is 28.0 Å². The molecule has 0 spiro atoms. The van der Waals surface area contributed by atoms with Gasteiger partial charge in [0.2, 0.25) is 0 Å². The van der Waals surface area contributed by atoms with Crippen molar-refractivity contribution in [2.45, 2.75) is 20.8 Å². The lowest BCUT2D eigenvalue weighted by atomic mass is 10.2. The molecule has 0 fully saturated rings. The van der Waals surface area contributed by atoms with Crippen molar-refractivity contribution in [1.82, 2.24) is 19.4 Å². The molecule has 2 aromatic carbocycles. The van der Waals surface area contributed by atoms with Gasteiger partial charge in [0.15, 0.2) is 0 Å². The molecule has 0 amide bonds. The van der Waals surface area contributed by atoms with Gasteiger partial charge in [-0.05, 0) is 45.0 Å². The summed E-state index contributed by atoms with van der Waals surface area (Å²) in [5, 5.41) is 7.79. The minimum Gasteiger partial charge on any atom is -0.295 e. The number of aromatic amines is 1. The van der Waals surface area contributed by atoms with Crippen LogP contribution in [0.3, 0.4) is 0 Å². The molecule has 0 saturated carbocycles. The van der Waals surface area contributed by atoms with Gasteiger partial charge in [0, 0.05) is 5.69 Å². The third-order valence-electron chi connectivity index (χ3n) is 4.63. The second kappa shape index (κ2) is 6.77. The smallest absolute Gasteiger partial charge is 0.282 e. The first kappa shape index (κ1) is 17.7. The minimum absolute atomic E-state index is 0.232. The molecule has 0 aliphatic carbocycles. The molecule has 140 valence electrons. The third-order valence-corrected chi connectivity index (χ3v) is 4.63. The molecule has 0 saturated heterocycles. The number of aromatic nitrogens is 4. The maximum atomic E-state index is 12.8. The number of aryl methyl sites for hydroxylation is 3. The highest BCUT2D eigenvalue weighted by atomic mass is 16.1. The summed E-state index contributed by atoms with van der Waals surface area (Å²) < 4.78 is 2.68. The van der Waals surface area contributed by atoms with E-state index in [9.17, 15) is 9.59 Å². The lowest BCUT2D eigenvalue weighted by Gasteiger charge is -2.04. The number of para-hydroxylation sites is 1. The summed E-state index contributed by atoms with van der Waals surface area (Å²) in [4.78, 5) is 29.9. The Balaban J connectivity index is 1.79. The summed E-state index contributed by atoms with van der Waals surface area (Å²) in [5.41, 5.74) is 3.01. The number of fused-ring (bicyclic) bond motifs is 1. The van der Waals surface area contributed by atoms with Crippen LogP contribution in [-0.2, 0) is 0 Å². The van der Waals surface area contributed by atoms with Crippen LogP contribution >= 0.6 is 0 Å². The Kier molecular flexibility index (Phi) is 4.27. The Morgan fingerprint density at radius 2 is 1.68 bits per heavy atom. The summed E-state index contributed by atoms with van der Waals surface area (Å²) in [7, 11) is 0. The number of nitrogens with one attached hydrogen (secondary N) is 1. The second-order valence-electron chi connectivity index (χ2n) is 6.66. The molecule has 4 aromatic rings. The maximum absolute atomic E-state index is 12.8. The Morgan fingerprint density at radius 1 is 0.964 bits per heavy atom. The van der Waals surface area contributed by atoms with E-state index in [-0.39, 0.29) is 11.1 Å². The fraction of sp³-hybridized carbons (Fsp3) is 0.143. The van der Waals surface area contributed by atoms with Crippen molar-refractivity contribution in [2.75, 3.05) is 0 Å². The molecule has 1 N–H and O–H groups in total. The number of H-pyrrole nitrogens is 1. The van der Waals surface area contributed by atoms with E-state index in [4.69, 9.17) is 0 Å². The van der Waals surface area contributed by atoms with Gasteiger partial charge in [0.1, 0.15) is 5.82 Å². The van der Waals surface area contributed by atoms with Crippen molar-refractivity contribution in [2.24, 2.45) is 5.10 Å². The average molecular weight is 373 g/mol. The molecule has 4 rings (SSSR count). The van der Waals surface area contributed by atoms with Crippen molar-refractivity contribution in [3.05, 3.63) is 91.9 Å². The molecule has 2 heterocycles. The Bertz CT molecular complexity index is 1320. The van der Waals surface area contributed by atoms with Gasteiger partial charge < -0.3 is 0 Å². The Hall–Kier alpha value is -3.74. The first-order chi connectivity index (χ1) is 13.5. The van der Waals surface area contributed by atoms with E-state index >= 15 is 0 Å². The van der Waals surface area contributed by atoms with Gasteiger partial charge in [-0.3, -0.25) is 14.7 Å². The van der Waals surface area contributed by atoms with Crippen molar-refractivity contribution >= 4 is 17.1 Å². The van der Waals surface area contributed by atoms with E-state index in [1.807, 2.05) is 37.3 Å². The van der Waals surface area contributed by atoms with Crippen LogP contribution in [0.1, 0.15) is 22.6 Å². The van der Waals surface area contributed by atoms with Crippen LogP contribution in [0.15, 0.2) is 63.2 Å². The van der Waals surface area contributed by atoms with Gasteiger partial charge >= 0.3 is 0 Å². The topological polar surface area (TPSA) is 85.0 Å². The Morgan fingerprint density at radius 3 is 2.43 bits per heavy atom. The summed E-state index contributed by atoms with van der Waals surface area (Å²) >= 11 is 0. The van der Waals surface area contributed by atoms with E-state index in [0.717, 1.165) is 11.3 Å². The highest BCUT2D eigenvalue weighted by molar-refractivity contribution is 5.81. The maximum Gasteiger partial charge on any atom is 0.282 e. The van der Waals surface area contributed by atoms with Crippen molar-refractivity contribution in [3.63, 3.8) is 0 Å². The molecular formula is C21H19N5O2. The van der Waals surface area contributed by atoms with Crippen molar-refractivity contribution < 1.29 is 0 Å². The molecule has 0 bridgehead atoms. The van der Waals surface area contributed by atoms with Gasteiger partial charge in [-0.25, -0.2) is 9.67 Å². The van der Waals surface area contributed by atoms with Gasteiger partial charge in [0.25, 0.3) is 11.1 Å². The SMILES string of the molecule is Cc1ccc(-n2[nH]c(C)c(/C=N\n3c(C)nc4ccccc4c3=O)c2=O)cc1. The zero-order valence-electron chi connectivity index (χ0n) is 15.8. The summed E-state index contributed by atoms with van der Waals surface area (Å²) in [6.07, 6.45) is 1.41. The fourth-order valence-corrected chi connectivity index (χ4v) is 3.07. The molecule has 0 radical (unpaired) electrons. The van der Waals surface area contributed by atoms with Crippen LogP contribution in [0.25, 0.3) is 16.6 Å². The van der Waals surface area contributed by atoms with E-state index in [2.05, 4.69) is 15.2 Å². The van der Waals surface area contributed by atoms with E-state index < -0.39 is 0 Å². The lowest BCUT2D eigenvalue weighted by Crippen LogP contribution is -2.21. The van der Waals surface area contributed by atoms with Crippen LogP contribution in [0.5, 0.6) is 0 Å². The van der Waals surface area contributed by atoms with Crippen LogP contribution in [0.4, 0.5) is 0 Å². The molecule has 7 nitrogen and oxygen atoms in total. The average Bonchev–Trinajstić information content (AvgIpc) is 2.96. The lowest BCUT2D eigenvalue weighted by molar-refractivity contribution is 0.770. The summed E-state index contributed by atoms with van der Waals surface area (Å²) in [5.74, 6) is 0.451. The molecule has 28 heavy (non-hydrogen) atoms. The van der Waals surface area contributed by atoms with Crippen LogP contribution in [-0.4, -0.2) is 25.7 Å². The Labute approximate surface area is 160 Å². The van der Waals surface area contributed by atoms with Gasteiger partial charge in [-0.15, -0.1) is 0 Å². The fourth-order valence-electron chi connectivity index (χ4n) is 3.07. The molecule has 0 atom stereocenters. The highest BCUT2D eigenvalue weighted by Crippen LogP contribution is 2.09. The van der Waals surface area contributed by atoms with Crippen LogP contribution in [0, 0.1) is 20.8 Å². The number of hydrogen-bond acceptors (Lipinski definition) is 4. The van der Waals surface area contributed by atoms with Crippen LogP contribution < -0.4 is 11.1 Å². The molecule has 0 aliphatic rings. The zero-order valence-corrected chi connectivity index (χ0v) is 15.8. The largest absolute Gasteiger partial charge is 0.295 e. The predicted molar refractivity (Wildman–Crippen MR) is 110 cm³/mol. The van der Waals surface area contributed by atoms with Gasteiger partial charge in [0.05, 0.1) is 28.4 Å². The van der Waals surface area contributed by atoms with Gasteiger partial charge in [-0.1, -0.05) is 29.8 Å². The van der Waals surface area contributed by atoms with Crippen molar-refractivity contribution in [1.29, 1.82) is 0 Å². The predicted octanol–water partition coefficient (Wildman–Crippen LogP) is 2.68. The molecule has 0 unspecified atom stereocenters. The first-order valence-corrected chi connectivity index (χ1v) is 8.87. The molecule has 0 aliphatic heterocycles. The quantitative estimate of drug-likeness (QED) is 0.560. The summed E-state index contributed by atoms with van der Waals surface area (Å²) in [6, 6.07) is 14.7. The minimum atomic E-state index is -0.272. The van der Waals surface area contributed by atoms with E-state index in [1.54, 1.807) is 32.0 Å². The van der Waals surface area contributed by atoms with Gasteiger partial charge in [-0.2, -0.15) is 9.78 Å². The molecule has 2 aromatic heterocycles. The standard InChI is InChI=1S/C21H19N5O2/c1-13-8-10-16(11-9-13)26-21(28)18(14(2)24-26)12-22-25-15(3)23-19-7-5-4-6-17(19)20(25)27/h4-12,24H,1-3H3/b22-12-. The van der Waals surface area contributed by atoms with Crippen LogP contribution in [0.2, 0.25) is 0 Å². The molecule has 7 heteroatoms. The van der Waals surface area contributed by atoms with E-state index in [1.165, 1.54) is 15.6 Å². The number of nitrogens with zero attached hydrogens (tertiary/aromatic N) is 4. The first-order valence-electron chi connectivity index (χ1n) is 8.87. The van der Waals surface area contributed by atoms with Crippen molar-refractivity contribution in [3.8, 4) is 5.69 Å². The molecular weight excluding hydrogens is 354 g/mol.